The second-order valence-corrected chi connectivity index (χ2v) is 37.9. The highest BCUT2D eigenvalue weighted by molar-refractivity contribution is 7.81. The largest absolute Gasteiger partial charge is 0.490 e. The number of nitrogens with zero attached hydrogens (tertiary/aromatic N) is 11. The van der Waals surface area contributed by atoms with Gasteiger partial charge in [0.25, 0.3) is 11.8 Å². The smallest absolute Gasteiger partial charge is 0.418 e. The fourth-order valence-electron chi connectivity index (χ4n) is 16.9. The minimum absolute atomic E-state index is 0.0136. The summed E-state index contributed by atoms with van der Waals surface area (Å²) in [6, 6.07) is 76.9. The van der Waals surface area contributed by atoms with Gasteiger partial charge in [0.05, 0.1) is 23.9 Å². The minimum Gasteiger partial charge on any atom is -0.490 e. The van der Waals surface area contributed by atoms with Crippen molar-refractivity contribution in [2.24, 2.45) is 27.3 Å². The molecule has 0 spiro atoms. The van der Waals surface area contributed by atoms with Crippen molar-refractivity contribution in [2.45, 2.75) is 88.7 Å². The number of hydrogen-bond acceptors (Lipinski definition) is 32. The predicted molar refractivity (Wildman–Crippen MR) is 522 cm³/mol. The highest BCUT2D eigenvalue weighted by Gasteiger charge is 2.51. The maximum atomic E-state index is 14.0. The van der Waals surface area contributed by atoms with E-state index in [1.807, 2.05) is 182 Å². The molecule has 0 unspecified atom stereocenters. The van der Waals surface area contributed by atoms with Crippen LogP contribution in [0.1, 0.15) is 111 Å². The summed E-state index contributed by atoms with van der Waals surface area (Å²) in [6.07, 6.45) is 2.24. The molecule has 9 aromatic carbocycles. The molecule has 5 aliphatic heterocycles. The molecule has 17 rings (SSSR count). The quantitative estimate of drug-likeness (QED) is 0.00520. The number of rotatable bonds is 39. The first-order valence-electron chi connectivity index (χ1n) is 44.3. The number of amides is 2. The molecule has 0 radical (unpaired) electrons. The number of anilines is 3. The number of carboxylic acid groups (broad SMARTS) is 1. The normalized spacial score (nSPS) is 17.0. The molecule has 0 aliphatic carbocycles. The Balaban J connectivity index is 0.000000161. The molecule has 34 nitrogen and oxygen atoms in total. The number of β-lactam (4-membered cyclic amide) rings is 2. The van der Waals surface area contributed by atoms with Crippen LogP contribution in [0.5, 0.6) is 17.2 Å². The summed E-state index contributed by atoms with van der Waals surface area (Å²) in [7, 11) is -3.50. The van der Waals surface area contributed by atoms with E-state index < -0.39 is 85.1 Å². The van der Waals surface area contributed by atoms with Gasteiger partial charge in [0.1, 0.15) is 65.2 Å². The number of thiazole rings is 3. The van der Waals surface area contributed by atoms with Crippen molar-refractivity contribution in [3.8, 4) is 17.2 Å². The lowest BCUT2D eigenvalue weighted by atomic mass is 9.77. The third-order valence-electron chi connectivity index (χ3n) is 23.9. The molecule has 2 amide bonds. The number of fused-ring (bicyclic) bond motifs is 3. The van der Waals surface area contributed by atoms with Crippen LogP contribution in [0.25, 0.3) is 0 Å². The van der Waals surface area contributed by atoms with Crippen LogP contribution < -0.4 is 30.6 Å². The number of hydrogen-bond donors (Lipinski definition) is 6. The number of carbonyl (C=O) groups excluding carboxylic acids is 4. The van der Waals surface area contributed by atoms with Crippen molar-refractivity contribution in [3.05, 3.63) is 337 Å². The van der Waals surface area contributed by atoms with E-state index >= 15 is 0 Å². The van der Waals surface area contributed by atoms with Crippen molar-refractivity contribution in [1.29, 1.82) is 0 Å². The maximum Gasteiger partial charge on any atom is 0.418 e. The van der Waals surface area contributed by atoms with Crippen LogP contribution in [0.3, 0.4) is 0 Å². The zero-order chi connectivity index (χ0) is 97.1. The van der Waals surface area contributed by atoms with Gasteiger partial charge in [-0.25, -0.2) is 19.7 Å². The van der Waals surface area contributed by atoms with E-state index in [1.54, 1.807) is 10.8 Å². The van der Waals surface area contributed by atoms with E-state index in [1.165, 1.54) is 75.3 Å². The van der Waals surface area contributed by atoms with Crippen molar-refractivity contribution >= 4 is 117 Å². The number of carbonyl (C=O) groups is 5. The zero-order valence-corrected chi connectivity index (χ0v) is 80.0. The minimum atomic E-state index is -4.93. The van der Waals surface area contributed by atoms with E-state index in [9.17, 15) is 45.9 Å². The van der Waals surface area contributed by atoms with Crippen LogP contribution in [0.15, 0.2) is 268 Å². The van der Waals surface area contributed by atoms with Crippen LogP contribution in [-0.2, 0) is 118 Å². The molecule has 2 fully saturated rings. The number of nitrogen functional groups attached to an aromatic ring is 1. The van der Waals surface area contributed by atoms with Gasteiger partial charge in [-0.1, -0.05) is 216 Å². The molecule has 3 aromatic heterocycles. The number of ketones is 2. The molecule has 0 saturated carbocycles. The molecular weight excluding hydrogens is 1870 g/mol. The summed E-state index contributed by atoms with van der Waals surface area (Å²) < 4.78 is 88.4. The summed E-state index contributed by atoms with van der Waals surface area (Å²) in [5, 5.41) is 36.6. The van der Waals surface area contributed by atoms with E-state index in [-0.39, 0.29) is 91.8 Å². The van der Waals surface area contributed by atoms with Gasteiger partial charge in [0, 0.05) is 68.3 Å². The number of nitrogens with two attached hydrogens (primary N) is 1. The Bertz CT molecular complexity index is 6420. The number of nitrogens with one attached hydrogen (secondary N) is 2. The maximum absolute atomic E-state index is 14.0. The van der Waals surface area contributed by atoms with E-state index in [2.05, 4.69) is 135 Å². The van der Waals surface area contributed by atoms with Crippen LogP contribution in [0.2, 0.25) is 0 Å². The third-order valence-corrected chi connectivity index (χ3v) is 26.8. The van der Waals surface area contributed by atoms with E-state index in [4.69, 9.17) is 48.5 Å². The summed E-state index contributed by atoms with van der Waals surface area (Å²) in [5.41, 5.74) is 17.7. The highest BCUT2D eigenvalue weighted by Crippen LogP contribution is 2.44. The summed E-state index contributed by atoms with van der Waals surface area (Å²) >= 11 is 3.70. The number of carboxylic acids is 1. The fraction of sp³-hybridized carbons (Fsp3) is 0.283. The molecule has 4 atom stereocenters. The molecule has 12 aromatic rings. The Morgan fingerprint density at radius 3 is 0.993 bits per heavy atom. The molecule has 39 heteroatoms. The average molecular weight is 1970 g/mol. The number of ether oxygens (including phenoxy) is 3. The van der Waals surface area contributed by atoms with Crippen LogP contribution >= 0.6 is 34.0 Å². The molecule has 8 heterocycles. The highest BCUT2D eigenvalue weighted by atomic mass is 32.3. The van der Waals surface area contributed by atoms with Gasteiger partial charge in [-0.15, -0.1) is 42.6 Å². The number of benzene rings is 9. The summed E-state index contributed by atoms with van der Waals surface area (Å²) in [6.45, 7) is 9.42. The molecule has 7 N–H and O–H groups in total. The van der Waals surface area contributed by atoms with Gasteiger partial charge in [-0.3, -0.25) is 28.3 Å². The van der Waals surface area contributed by atoms with E-state index in [0.29, 0.717) is 31.9 Å². The molecule has 5 aliphatic rings. The van der Waals surface area contributed by atoms with Gasteiger partial charge < -0.3 is 64.9 Å². The number of hydroxylamine groups is 4. The number of likely N-dealkylation sites (N-methyl/N-ethyl adjacent to an activating group) is 3. The topological polar surface area (TPSA) is 430 Å². The number of oxime groups is 3. The Hall–Kier alpha value is -13.6. The lowest BCUT2D eigenvalue weighted by Crippen LogP contribution is -2.60. The summed E-state index contributed by atoms with van der Waals surface area (Å²) in [5.74, 6) is -3.49. The molecule has 718 valence electrons. The zero-order valence-electron chi connectivity index (χ0n) is 75.9. The van der Waals surface area contributed by atoms with Gasteiger partial charge in [0.15, 0.2) is 58.2 Å². The van der Waals surface area contributed by atoms with Gasteiger partial charge in [-0.2, -0.15) is 27.0 Å². The molecular formula is C99H102N14O20S5. The number of Topliss-reactive ketones (excluding diaryl/α,β-unsaturated/α-hetero) is 2. The Morgan fingerprint density at radius 1 is 0.420 bits per heavy atom. The third kappa shape index (κ3) is 24.5. The first-order chi connectivity index (χ1) is 66.6. The molecule has 138 heavy (non-hydrogen) atoms. The number of aliphatic carboxylic acids is 1. The second kappa shape index (κ2) is 45.2. The van der Waals surface area contributed by atoms with Crippen molar-refractivity contribution < 1.29 is 92.3 Å². The first-order valence-corrected chi connectivity index (χ1v) is 49.6. The van der Waals surface area contributed by atoms with Crippen molar-refractivity contribution in [1.82, 2.24) is 39.8 Å². The number of aromatic nitrogens is 3. The van der Waals surface area contributed by atoms with Crippen LogP contribution in [0, 0.1) is 11.8 Å². The fourth-order valence-corrected chi connectivity index (χ4v) is 19.7. The molecule has 2 saturated heterocycles. The summed E-state index contributed by atoms with van der Waals surface area (Å²) in [4.78, 5) is 101. The van der Waals surface area contributed by atoms with Gasteiger partial charge >= 0.3 is 26.8 Å². The van der Waals surface area contributed by atoms with E-state index in [0.717, 1.165) is 109 Å². The van der Waals surface area contributed by atoms with Gasteiger partial charge in [-0.05, 0) is 157 Å². The lowest BCUT2D eigenvalue weighted by Gasteiger charge is -2.41. The van der Waals surface area contributed by atoms with Crippen LogP contribution in [-0.4, -0.2) is 210 Å². The second-order valence-electron chi connectivity index (χ2n) is 33.3. The SMILES string of the molecule is CN1CCc2cc(OCCO/N=C(\C(=O)O)c3csc(NC(c4ccccc4)(c4ccccc4)c4ccccc4)n3)ccc2C1.C[C@H]1[C@H](CC(=O)/C(=N\OCCOc2ccc3c(c2)CCN(C)C3)c2csc(N)n2)C(=O)N1OS(=O)(=O)O.C[C@H]1[C@H](CC(=O)/C(=N\OCCOc2ccc3c(c2)CCN(C)C3)c2csc(NC(c3ccccc3)(c3ccccc3)c3ccccc3)n2)C(=O)N1OS(=O)(=O)O. The standard InChI is InChI=1S/C41H41N5O8S2.C36H34N4O4S.C22H27N5O8S2/c1-28-35(39(48)46(28)54-56(49,50)51)25-37(47)38(44-53-23-22-52-34-19-18-30-26-45(2)21-20-29(30)24-34)36-27-55-40(42-36)43-41(31-12-6-3-7-13-31,32-14-8-4-9-15-32)33-16-10-5-11-17-33;1-40-20-19-26-23-31(18-17-27(26)24-40)43-21-22-44-39-33(34(41)42)32-25-45-35(37-32)38-36(28-11-5-2-6-12-28,29-13-7-3-8-14-29)30-15-9-4-10-16-30;1-13-17(21(29)27(13)35-37(30,31)32)10-19(28)20(18-12-36-22(23)24-18)25-34-8-7-33-16-4-3-15-11-26(2)6-5-14(15)9-16/h3-19,24,27-28,35H,20-23,25-26H2,1-2H3,(H,42,43)(H,49,50,51);2-18,23,25H,19-22,24H2,1H3,(H,37,38)(H,41,42);3-4,9,12-13,17H,5-8,10-11H2,1-2H3,(H2,23,24)(H,30,31,32)/b44-38-;39-33-;25-20-/t28-,35-;;13-,17-/m0.0/s1. The van der Waals surface area contributed by atoms with Crippen molar-refractivity contribution in [2.75, 3.05) is 96.8 Å². The molecule has 0 bridgehead atoms. The Labute approximate surface area is 810 Å². The monoisotopic (exact) mass is 1970 g/mol. The Kier molecular flexibility index (Phi) is 32.4. The first kappa shape index (κ1) is 98.9. The predicted octanol–water partition coefficient (Wildman–Crippen LogP) is 13.3. The Morgan fingerprint density at radius 2 is 0.710 bits per heavy atom. The lowest BCUT2D eigenvalue weighted by molar-refractivity contribution is -0.204. The van der Waals surface area contributed by atoms with Crippen LogP contribution in [0.4, 0.5) is 15.4 Å². The average Bonchev–Trinajstić information content (AvgIpc) is 1.16. The van der Waals surface area contributed by atoms with Gasteiger partial charge in [0.2, 0.25) is 5.71 Å². The van der Waals surface area contributed by atoms with Crippen molar-refractivity contribution in [3.63, 3.8) is 0 Å².